The molecular weight excluding hydrogens is 318 g/mol. The fourth-order valence-electron chi connectivity index (χ4n) is 4.03. The van der Waals surface area contributed by atoms with E-state index in [1.54, 1.807) is 11.3 Å². The molecule has 4 nitrogen and oxygen atoms in total. The van der Waals surface area contributed by atoms with E-state index in [4.69, 9.17) is 4.98 Å². The average molecular weight is 343 g/mol. The minimum Gasteiger partial charge on any atom is -0.395 e. The van der Waals surface area contributed by atoms with Crippen molar-refractivity contribution in [3.63, 3.8) is 0 Å². The lowest BCUT2D eigenvalue weighted by molar-refractivity contribution is 0.153. The Morgan fingerprint density at radius 2 is 1.88 bits per heavy atom. The second-order valence-electron chi connectivity index (χ2n) is 6.84. The van der Waals surface area contributed by atoms with Crippen LogP contribution in [-0.4, -0.2) is 53.3 Å². The van der Waals surface area contributed by atoms with Crippen LogP contribution in [0.4, 0.5) is 5.13 Å². The molecule has 5 heteroatoms. The van der Waals surface area contributed by atoms with Gasteiger partial charge in [0.05, 0.1) is 12.3 Å². The molecule has 0 saturated carbocycles. The third kappa shape index (κ3) is 3.21. The molecule has 1 aromatic carbocycles. The first-order chi connectivity index (χ1) is 11.8. The van der Waals surface area contributed by atoms with E-state index in [-0.39, 0.29) is 0 Å². The van der Waals surface area contributed by atoms with Crippen LogP contribution in [0, 0.1) is 0 Å². The number of anilines is 1. The quantitative estimate of drug-likeness (QED) is 0.905. The maximum atomic E-state index is 9.56. The van der Waals surface area contributed by atoms with Crippen LogP contribution in [0.15, 0.2) is 35.7 Å². The molecule has 3 heterocycles. The van der Waals surface area contributed by atoms with Crippen molar-refractivity contribution in [1.82, 2.24) is 9.88 Å². The summed E-state index contributed by atoms with van der Waals surface area (Å²) in [5.74, 6) is 0. The van der Waals surface area contributed by atoms with E-state index in [1.807, 2.05) is 6.07 Å². The standard InChI is InChI=1S/C19H25N3OS/c23-13-17-9-4-10-21(17)12-16-8-5-11-22(16)19-20-18(14-24-19)15-6-2-1-3-7-15/h1-3,6-7,14,16-17,23H,4-5,8-13H2. The summed E-state index contributed by atoms with van der Waals surface area (Å²) in [5, 5.41) is 12.9. The highest BCUT2D eigenvalue weighted by Crippen LogP contribution is 2.33. The topological polar surface area (TPSA) is 39.6 Å². The molecule has 0 amide bonds. The predicted molar refractivity (Wildman–Crippen MR) is 99.6 cm³/mol. The van der Waals surface area contributed by atoms with Crippen molar-refractivity contribution in [2.45, 2.75) is 37.8 Å². The second kappa shape index (κ2) is 7.21. The lowest BCUT2D eigenvalue weighted by atomic mass is 10.2. The van der Waals surface area contributed by atoms with Crippen molar-refractivity contribution in [3.05, 3.63) is 35.7 Å². The summed E-state index contributed by atoms with van der Waals surface area (Å²) in [6, 6.07) is 11.3. The van der Waals surface area contributed by atoms with Gasteiger partial charge in [0.2, 0.25) is 0 Å². The third-order valence-electron chi connectivity index (χ3n) is 5.34. The minimum atomic E-state index is 0.294. The van der Waals surface area contributed by atoms with Crippen LogP contribution in [0.25, 0.3) is 11.3 Å². The van der Waals surface area contributed by atoms with Gasteiger partial charge in [-0.2, -0.15) is 0 Å². The van der Waals surface area contributed by atoms with Crippen molar-refractivity contribution >= 4 is 16.5 Å². The Morgan fingerprint density at radius 1 is 1.08 bits per heavy atom. The predicted octanol–water partition coefficient (Wildman–Crippen LogP) is 3.24. The van der Waals surface area contributed by atoms with Gasteiger partial charge in [-0.05, 0) is 32.2 Å². The molecule has 2 saturated heterocycles. The number of aromatic nitrogens is 1. The number of thiazole rings is 1. The fourth-order valence-corrected chi connectivity index (χ4v) is 4.96. The normalized spacial score (nSPS) is 24.8. The summed E-state index contributed by atoms with van der Waals surface area (Å²) in [7, 11) is 0. The van der Waals surface area contributed by atoms with Gasteiger partial charge in [-0.1, -0.05) is 30.3 Å². The highest BCUT2D eigenvalue weighted by Gasteiger charge is 2.32. The number of rotatable bonds is 5. The van der Waals surface area contributed by atoms with Gasteiger partial charge >= 0.3 is 0 Å². The zero-order chi connectivity index (χ0) is 16.4. The molecule has 2 fully saturated rings. The van der Waals surface area contributed by atoms with Gasteiger partial charge in [0.25, 0.3) is 0 Å². The molecule has 1 aromatic heterocycles. The van der Waals surface area contributed by atoms with Crippen molar-refractivity contribution in [2.24, 2.45) is 0 Å². The highest BCUT2D eigenvalue weighted by atomic mass is 32.1. The van der Waals surface area contributed by atoms with E-state index in [0.29, 0.717) is 18.7 Å². The Hall–Kier alpha value is -1.43. The first-order valence-electron chi connectivity index (χ1n) is 8.97. The smallest absolute Gasteiger partial charge is 0.186 e. The molecule has 2 aromatic rings. The van der Waals surface area contributed by atoms with Gasteiger partial charge in [-0.3, -0.25) is 4.90 Å². The molecule has 0 bridgehead atoms. The van der Waals surface area contributed by atoms with Crippen molar-refractivity contribution in [1.29, 1.82) is 0 Å². The van der Waals surface area contributed by atoms with Gasteiger partial charge in [-0.15, -0.1) is 11.3 Å². The Bertz CT molecular complexity index is 660. The molecule has 128 valence electrons. The van der Waals surface area contributed by atoms with Gasteiger partial charge in [0, 0.05) is 36.1 Å². The summed E-state index contributed by atoms with van der Waals surface area (Å²) in [6.45, 7) is 3.58. The minimum absolute atomic E-state index is 0.294. The average Bonchev–Trinajstić information content (AvgIpc) is 3.36. The van der Waals surface area contributed by atoms with Crippen molar-refractivity contribution < 1.29 is 5.11 Å². The molecule has 0 radical (unpaired) electrons. The van der Waals surface area contributed by atoms with Gasteiger partial charge in [0.1, 0.15) is 0 Å². The van der Waals surface area contributed by atoms with Crippen molar-refractivity contribution in [3.8, 4) is 11.3 Å². The fraction of sp³-hybridized carbons (Fsp3) is 0.526. The third-order valence-corrected chi connectivity index (χ3v) is 6.22. The number of hydrogen-bond donors (Lipinski definition) is 1. The van der Waals surface area contributed by atoms with E-state index in [1.165, 1.54) is 24.8 Å². The molecule has 1 N–H and O–H groups in total. The zero-order valence-corrected chi connectivity index (χ0v) is 14.8. The van der Waals surface area contributed by atoms with Gasteiger partial charge in [0.15, 0.2) is 5.13 Å². The molecular formula is C19H25N3OS. The number of benzene rings is 1. The maximum Gasteiger partial charge on any atom is 0.186 e. The molecule has 2 atom stereocenters. The lowest BCUT2D eigenvalue weighted by Crippen LogP contribution is -2.43. The molecule has 4 rings (SSSR count). The van der Waals surface area contributed by atoms with Crippen LogP contribution in [0.3, 0.4) is 0 Å². The van der Waals surface area contributed by atoms with E-state index in [0.717, 1.165) is 36.9 Å². The Kier molecular flexibility index (Phi) is 4.83. The molecule has 2 aliphatic rings. The zero-order valence-electron chi connectivity index (χ0n) is 14.0. The highest BCUT2D eigenvalue weighted by molar-refractivity contribution is 7.14. The number of hydrogen-bond acceptors (Lipinski definition) is 5. The number of nitrogens with zero attached hydrogens (tertiary/aromatic N) is 3. The van der Waals surface area contributed by atoms with E-state index >= 15 is 0 Å². The first kappa shape index (κ1) is 16.1. The van der Waals surface area contributed by atoms with E-state index in [9.17, 15) is 5.11 Å². The van der Waals surface area contributed by atoms with Crippen LogP contribution in [-0.2, 0) is 0 Å². The second-order valence-corrected chi connectivity index (χ2v) is 7.68. The van der Waals surface area contributed by atoms with Crippen molar-refractivity contribution in [2.75, 3.05) is 31.1 Å². The van der Waals surface area contributed by atoms with Crippen LogP contribution < -0.4 is 4.90 Å². The summed E-state index contributed by atoms with van der Waals surface area (Å²) in [5.41, 5.74) is 2.27. The van der Waals surface area contributed by atoms with Crippen LogP contribution >= 0.6 is 11.3 Å². The number of aliphatic hydroxyl groups is 1. The van der Waals surface area contributed by atoms with E-state index in [2.05, 4.69) is 39.4 Å². The monoisotopic (exact) mass is 343 g/mol. The SMILES string of the molecule is OCC1CCCN1CC1CCCN1c1nc(-c2ccccc2)cs1. The summed E-state index contributed by atoms with van der Waals surface area (Å²) < 4.78 is 0. The molecule has 2 unspecified atom stereocenters. The summed E-state index contributed by atoms with van der Waals surface area (Å²) in [6.07, 6.45) is 4.82. The van der Waals surface area contributed by atoms with E-state index < -0.39 is 0 Å². The largest absolute Gasteiger partial charge is 0.395 e. The number of likely N-dealkylation sites (tertiary alicyclic amines) is 1. The molecule has 24 heavy (non-hydrogen) atoms. The molecule has 0 aliphatic carbocycles. The Labute approximate surface area is 147 Å². The lowest BCUT2D eigenvalue weighted by Gasteiger charge is -2.31. The Balaban J connectivity index is 1.48. The molecule has 0 spiro atoms. The maximum absolute atomic E-state index is 9.56. The number of aliphatic hydroxyl groups excluding tert-OH is 1. The van der Waals surface area contributed by atoms with Gasteiger partial charge < -0.3 is 10.0 Å². The van der Waals surface area contributed by atoms with Crippen LogP contribution in [0.5, 0.6) is 0 Å². The first-order valence-corrected chi connectivity index (χ1v) is 9.85. The Morgan fingerprint density at radius 3 is 2.71 bits per heavy atom. The molecule has 2 aliphatic heterocycles. The summed E-state index contributed by atoms with van der Waals surface area (Å²) in [4.78, 5) is 9.87. The van der Waals surface area contributed by atoms with Crippen LogP contribution in [0.1, 0.15) is 25.7 Å². The summed E-state index contributed by atoms with van der Waals surface area (Å²) >= 11 is 1.76. The van der Waals surface area contributed by atoms with Crippen LogP contribution in [0.2, 0.25) is 0 Å². The van der Waals surface area contributed by atoms with Gasteiger partial charge in [-0.25, -0.2) is 4.98 Å².